The van der Waals surface area contributed by atoms with Crippen molar-refractivity contribution in [1.29, 1.82) is 0 Å². The molecule has 0 radical (unpaired) electrons. The Morgan fingerprint density at radius 2 is 2.42 bits per heavy atom. The van der Waals surface area contributed by atoms with Gasteiger partial charge in [0.15, 0.2) is 0 Å². The van der Waals surface area contributed by atoms with Crippen molar-refractivity contribution < 1.29 is 14.9 Å². The number of hydrogen-bond donors (Lipinski definition) is 3. The van der Waals surface area contributed by atoms with E-state index in [1.54, 1.807) is 10.9 Å². The number of rotatable bonds is 5. The molecule has 1 saturated heterocycles. The molecule has 1 saturated carbocycles. The van der Waals surface area contributed by atoms with Crippen LogP contribution < -0.4 is 5.32 Å². The van der Waals surface area contributed by atoms with Gasteiger partial charge >= 0.3 is 0 Å². The summed E-state index contributed by atoms with van der Waals surface area (Å²) in [5, 5.41) is 27.4. The van der Waals surface area contributed by atoms with Crippen molar-refractivity contribution in [1.82, 2.24) is 15.1 Å². The molecule has 19 heavy (non-hydrogen) atoms. The second-order valence-corrected chi connectivity index (χ2v) is 5.41. The molecule has 0 bridgehead atoms. The van der Waals surface area contributed by atoms with Gasteiger partial charge in [0.2, 0.25) is 0 Å². The Labute approximate surface area is 112 Å². The molecule has 2 heterocycles. The zero-order valence-corrected chi connectivity index (χ0v) is 10.9. The SMILES string of the molecule is OC(CNC1CC(O)C1n1cccn1)C1CCCO1. The van der Waals surface area contributed by atoms with Gasteiger partial charge in [-0.25, -0.2) is 0 Å². The van der Waals surface area contributed by atoms with Crippen LogP contribution in [-0.2, 0) is 4.74 Å². The van der Waals surface area contributed by atoms with Gasteiger partial charge in [0.25, 0.3) is 0 Å². The van der Waals surface area contributed by atoms with E-state index >= 15 is 0 Å². The molecule has 3 rings (SSSR count). The van der Waals surface area contributed by atoms with Crippen molar-refractivity contribution in [2.24, 2.45) is 0 Å². The number of ether oxygens (including phenoxy) is 1. The van der Waals surface area contributed by atoms with Crippen LogP contribution >= 0.6 is 0 Å². The first-order chi connectivity index (χ1) is 9.25. The van der Waals surface area contributed by atoms with E-state index in [4.69, 9.17) is 4.74 Å². The average molecular weight is 267 g/mol. The van der Waals surface area contributed by atoms with E-state index in [1.165, 1.54) is 0 Å². The molecule has 0 amide bonds. The minimum Gasteiger partial charge on any atom is -0.391 e. The molecular formula is C13H21N3O3. The number of nitrogens with zero attached hydrogens (tertiary/aromatic N) is 2. The van der Waals surface area contributed by atoms with Crippen LogP contribution in [0.3, 0.4) is 0 Å². The predicted molar refractivity (Wildman–Crippen MR) is 68.7 cm³/mol. The van der Waals surface area contributed by atoms with Gasteiger partial charge in [-0.15, -0.1) is 0 Å². The minimum atomic E-state index is -0.474. The molecule has 1 aliphatic carbocycles. The first-order valence-corrected chi connectivity index (χ1v) is 6.96. The standard InChI is InChI=1S/C13H21N3O3/c17-10-7-9(13(10)16-5-2-4-15-16)14-8-11(18)12-3-1-6-19-12/h2,4-5,9-14,17-18H,1,3,6-8H2. The third-order valence-corrected chi connectivity index (χ3v) is 4.12. The molecule has 1 aromatic rings. The molecule has 1 aliphatic heterocycles. The summed E-state index contributed by atoms with van der Waals surface area (Å²) in [6.07, 6.45) is 5.35. The Hall–Kier alpha value is -0.950. The lowest BCUT2D eigenvalue weighted by atomic mass is 9.83. The van der Waals surface area contributed by atoms with E-state index in [0.717, 1.165) is 19.4 Å². The highest BCUT2D eigenvalue weighted by Crippen LogP contribution is 2.32. The fourth-order valence-corrected chi connectivity index (χ4v) is 2.94. The lowest BCUT2D eigenvalue weighted by molar-refractivity contribution is -0.0281. The molecule has 1 aromatic heterocycles. The quantitative estimate of drug-likeness (QED) is 0.682. The number of nitrogens with one attached hydrogen (secondary N) is 1. The minimum absolute atomic E-state index is 0.0355. The van der Waals surface area contributed by atoms with Gasteiger partial charge in [-0.2, -0.15) is 5.10 Å². The largest absolute Gasteiger partial charge is 0.391 e. The molecule has 0 spiro atoms. The van der Waals surface area contributed by atoms with E-state index in [0.29, 0.717) is 13.0 Å². The molecule has 5 unspecified atom stereocenters. The van der Waals surface area contributed by atoms with Crippen LogP contribution in [0.4, 0.5) is 0 Å². The average Bonchev–Trinajstić information content (AvgIpc) is 3.05. The maximum Gasteiger partial charge on any atom is 0.0932 e. The summed E-state index contributed by atoms with van der Waals surface area (Å²) in [5.41, 5.74) is 0. The highest BCUT2D eigenvalue weighted by Gasteiger charge is 2.41. The van der Waals surface area contributed by atoms with Gasteiger partial charge in [-0.1, -0.05) is 0 Å². The highest BCUT2D eigenvalue weighted by atomic mass is 16.5. The number of aliphatic hydroxyl groups excluding tert-OH is 2. The fraction of sp³-hybridized carbons (Fsp3) is 0.769. The number of hydrogen-bond acceptors (Lipinski definition) is 5. The zero-order valence-electron chi connectivity index (χ0n) is 10.9. The van der Waals surface area contributed by atoms with Crippen LogP contribution in [0.25, 0.3) is 0 Å². The van der Waals surface area contributed by atoms with E-state index < -0.39 is 6.10 Å². The van der Waals surface area contributed by atoms with Crippen molar-refractivity contribution in [2.45, 2.75) is 49.7 Å². The van der Waals surface area contributed by atoms with Gasteiger partial charge in [-0.05, 0) is 25.3 Å². The van der Waals surface area contributed by atoms with E-state index in [2.05, 4.69) is 10.4 Å². The molecule has 3 N–H and O–H groups in total. The Balaban J connectivity index is 1.50. The summed E-state index contributed by atoms with van der Waals surface area (Å²) in [4.78, 5) is 0. The van der Waals surface area contributed by atoms with Crippen molar-refractivity contribution in [3.8, 4) is 0 Å². The Bertz CT molecular complexity index is 392. The molecule has 2 aliphatic rings. The Kier molecular flexibility index (Phi) is 3.83. The van der Waals surface area contributed by atoms with Crippen LogP contribution in [-0.4, -0.2) is 57.5 Å². The summed E-state index contributed by atoms with van der Waals surface area (Å²) in [5.74, 6) is 0. The van der Waals surface area contributed by atoms with Gasteiger partial charge in [0.05, 0.1) is 24.4 Å². The zero-order chi connectivity index (χ0) is 13.2. The Morgan fingerprint density at radius 3 is 3.05 bits per heavy atom. The van der Waals surface area contributed by atoms with Gasteiger partial charge in [0.1, 0.15) is 0 Å². The van der Waals surface area contributed by atoms with Crippen molar-refractivity contribution >= 4 is 0 Å². The maximum absolute atomic E-state index is 10.0. The maximum atomic E-state index is 10.0. The first kappa shape index (κ1) is 13.1. The van der Waals surface area contributed by atoms with Crippen LogP contribution in [0.15, 0.2) is 18.5 Å². The Morgan fingerprint density at radius 1 is 1.53 bits per heavy atom. The summed E-state index contributed by atoms with van der Waals surface area (Å²) in [7, 11) is 0. The molecule has 5 atom stereocenters. The van der Waals surface area contributed by atoms with Gasteiger partial charge in [0, 0.05) is 31.6 Å². The van der Waals surface area contributed by atoms with Crippen molar-refractivity contribution in [3.05, 3.63) is 18.5 Å². The summed E-state index contributed by atoms with van der Waals surface area (Å²) in [6, 6.07) is 1.97. The molecule has 2 fully saturated rings. The summed E-state index contributed by atoms with van der Waals surface area (Å²) < 4.78 is 7.24. The van der Waals surface area contributed by atoms with Gasteiger partial charge in [-0.3, -0.25) is 4.68 Å². The predicted octanol–water partition coefficient (Wildman–Crippen LogP) is -0.313. The second-order valence-electron chi connectivity index (χ2n) is 5.41. The second kappa shape index (κ2) is 5.58. The van der Waals surface area contributed by atoms with Crippen molar-refractivity contribution in [3.63, 3.8) is 0 Å². The normalized spacial score (nSPS) is 36.1. The monoisotopic (exact) mass is 267 g/mol. The third-order valence-electron chi connectivity index (χ3n) is 4.12. The molecule has 0 aromatic carbocycles. The molecule has 106 valence electrons. The fourth-order valence-electron chi connectivity index (χ4n) is 2.94. The van der Waals surface area contributed by atoms with E-state index in [1.807, 2.05) is 12.3 Å². The lowest BCUT2D eigenvalue weighted by Gasteiger charge is -2.42. The third kappa shape index (κ3) is 2.67. The van der Waals surface area contributed by atoms with Crippen LogP contribution in [0.1, 0.15) is 25.3 Å². The lowest BCUT2D eigenvalue weighted by Crippen LogP contribution is -2.56. The van der Waals surface area contributed by atoms with Crippen LogP contribution in [0.2, 0.25) is 0 Å². The van der Waals surface area contributed by atoms with E-state index in [9.17, 15) is 10.2 Å². The first-order valence-electron chi connectivity index (χ1n) is 6.96. The summed E-state index contributed by atoms with van der Waals surface area (Å²) in [6.45, 7) is 1.25. The van der Waals surface area contributed by atoms with Crippen molar-refractivity contribution in [2.75, 3.05) is 13.2 Å². The summed E-state index contributed by atoms with van der Waals surface area (Å²) >= 11 is 0. The van der Waals surface area contributed by atoms with Gasteiger partial charge < -0.3 is 20.3 Å². The topological polar surface area (TPSA) is 79.5 Å². The van der Waals surface area contributed by atoms with Crippen LogP contribution in [0, 0.1) is 0 Å². The smallest absolute Gasteiger partial charge is 0.0932 e. The number of aliphatic hydroxyl groups is 2. The van der Waals surface area contributed by atoms with E-state index in [-0.39, 0.29) is 24.3 Å². The highest BCUT2D eigenvalue weighted by molar-refractivity contribution is 5.00. The molecular weight excluding hydrogens is 246 g/mol. The molecule has 6 heteroatoms. The number of aromatic nitrogens is 2. The van der Waals surface area contributed by atoms with Crippen LogP contribution in [0.5, 0.6) is 0 Å². The molecule has 6 nitrogen and oxygen atoms in total.